The number of hydrogen-bond donors (Lipinski definition) is 1. The molecule has 1 N–H and O–H groups in total. The highest BCUT2D eigenvalue weighted by Crippen LogP contribution is 2.16. The molecule has 0 spiro atoms. The maximum Gasteiger partial charge on any atom is 0.253 e. The van der Waals surface area contributed by atoms with Gasteiger partial charge in [0.25, 0.3) is 5.91 Å². The molecule has 0 atom stereocenters. The van der Waals surface area contributed by atoms with Gasteiger partial charge in [0.05, 0.1) is 24.7 Å². The maximum atomic E-state index is 13.0. The minimum Gasteiger partial charge on any atom is -0.378 e. The Hall–Kier alpha value is -2.31. The molecule has 1 aromatic carbocycles. The summed E-state index contributed by atoms with van der Waals surface area (Å²) in [5.41, 5.74) is 0.340. The number of nitrogens with zero attached hydrogens (tertiary/aromatic N) is 3. The Morgan fingerprint density at radius 3 is 2.42 bits per heavy atom. The van der Waals surface area contributed by atoms with Gasteiger partial charge in [-0.3, -0.25) is 14.5 Å². The second-order valence-corrected chi connectivity index (χ2v) is 10.8. The van der Waals surface area contributed by atoms with Crippen LogP contribution in [0.15, 0.2) is 46.7 Å². The maximum absolute atomic E-state index is 13.0. The zero-order valence-corrected chi connectivity index (χ0v) is 19.9. The van der Waals surface area contributed by atoms with E-state index in [9.17, 15) is 18.0 Å². The molecule has 0 aliphatic carbocycles. The van der Waals surface area contributed by atoms with Crippen LogP contribution in [0.1, 0.15) is 15.2 Å². The number of rotatable bonds is 7. The molecule has 0 unspecified atom stereocenters. The Morgan fingerprint density at radius 1 is 0.970 bits per heavy atom. The van der Waals surface area contributed by atoms with Crippen molar-refractivity contribution in [2.24, 2.45) is 0 Å². The molecular weight excluding hydrogens is 464 g/mol. The normalized spacial score (nSPS) is 17.8. The van der Waals surface area contributed by atoms with Crippen molar-refractivity contribution < 1.29 is 22.7 Å². The number of piperazine rings is 1. The van der Waals surface area contributed by atoms with Gasteiger partial charge in [-0.2, -0.15) is 0 Å². The van der Waals surface area contributed by atoms with Crippen molar-refractivity contribution in [2.75, 3.05) is 59.0 Å². The zero-order chi connectivity index (χ0) is 23.3. The van der Waals surface area contributed by atoms with Gasteiger partial charge in [-0.1, -0.05) is 12.1 Å². The van der Waals surface area contributed by atoms with Gasteiger partial charge in [0.2, 0.25) is 15.9 Å². The SMILES string of the molecule is O=C(CN1CCN(C(=O)c2cccc(S(=O)(=O)NCc3cccs3)c2)CC1)N1CCOCC1. The van der Waals surface area contributed by atoms with Crippen LogP contribution in [0.4, 0.5) is 0 Å². The average molecular weight is 493 g/mol. The Bertz CT molecular complexity index is 1060. The summed E-state index contributed by atoms with van der Waals surface area (Å²) in [5.74, 6) is -0.115. The third-order valence-corrected chi connectivity index (χ3v) is 8.07. The van der Waals surface area contributed by atoms with Crippen LogP contribution in [0.2, 0.25) is 0 Å². The van der Waals surface area contributed by atoms with E-state index >= 15 is 0 Å². The highest BCUT2D eigenvalue weighted by Gasteiger charge is 2.26. The second-order valence-electron chi connectivity index (χ2n) is 7.99. The number of amides is 2. The van der Waals surface area contributed by atoms with Gasteiger partial charge in [-0.25, -0.2) is 13.1 Å². The molecule has 2 fully saturated rings. The molecule has 0 bridgehead atoms. The summed E-state index contributed by atoms with van der Waals surface area (Å²) >= 11 is 1.48. The Balaban J connectivity index is 1.32. The van der Waals surface area contributed by atoms with E-state index in [0.717, 1.165) is 4.88 Å². The summed E-state index contributed by atoms with van der Waals surface area (Å²) in [5, 5.41) is 1.89. The van der Waals surface area contributed by atoms with Gasteiger partial charge in [0.15, 0.2) is 0 Å². The molecular formula is C22H28N4O5S2. The first-order chi connectivity index (χ1) is 15.9. The van der Waals surface area contributed by atoms with Crippen LogP contribution in [0.25, 0.3) is 0 Å². The third kappa shape index (κ3) is 6.18. The second kappa shape index (κ2) is 10.7. The fraction of sp³-hybridized carbons (Fsp3) is 0.455. The van der Waals surface area contributed by atoms with Crippen molar-refractivity contribution >= 4 is 33.2 Å². The van der Waals surface area contributed by atoms with Crippen LogP contribution < -0.4 is 4.72 Å². The van der Waals surface area contributed by atoms with Gasteiger partial charge in [-0.05, 0) is 29.6 Å². The van der Waals surface area contributed by atoms with E-state index in [-0.39, 0.29) is 23.3 Å². The van der Waals surface area contributed by atoms with Crippen molar-refractivity contribution in [3.8, 4) is 0 Å². The van der Waals surface area contributed by atoms with Gasteiger partial charge in [-0.15, -0.1) is 11.3 Å². The summed E-state index contributed by atoms with van der Waals surface area (Å²) < 4.78 is 33.2. The molecule has 1 aromatic heterocycles. The fourth-order valence-corrected chi connectivity index (χ4v) is 5.64. The molecule has 0 radical (unpaired) electrons. The van der Waals surface area contributed by atoms with Crippen molar-refractivity contribution in [3.63, 3.8) is 0 Å². The van der Waals surface area contributed by atoms with Gasteiger partial charge < -0.3 is 14.5 Å². The first-order valence-corrected chi connectivity index (χ1v) is 13.3. The molecule has 2 saturated heterocycles. The molecule has 3 heterocycles. The average Bonchev–Trinajstić information content (AvgIpc) is 3.37. The van der Waals surface area contributed by atoms with E-state index in [1.807, 2.05) is 22.4 Å². The number of morpholine rings is 1. The quantitative estimate of drug-likeness (QED) is 0.615. The van der Waals surface area contributed by atoms with E-state index in [1.54, 1.807) is 17.0 Å². The molecule has 11 heteroatoms. The molecule has 178 valence electrons. The minimum absolute atomic E-state index is 0.0691. The summed E-state index contributed by atoms with van der Waals surface area (Å²) in [4.78, 5) is 32.0. The molecule has 0 saturated carbocycles. The van der Waals surface area contributed by atoms with Gasteiger partial charge in [0, 0.05) is 56.3 Å². The van der Waals surface area contributed by atoms with Crippen LogP contribution in [-0.4, -0.2) is 94.0 Å². The van der Waals surface area contributed by atoms with Gasteiger partial charge in [0.1, 0.15) is 0 Å². The van der Waals surface area contributed by atoms with E-state index in [2.05, 4.69) is 9.62 Å². The molecule has 2 amide bonds. The number of carbonyl (C=O) groups is 2. The smallest absolute Gasteiger partial charge is 0.253 e. The first kappa shape index (κ1) is 23.8. The molecule has 2 aromatic rings. The molecule has 4 rings (SSSR count). The van der Waals surface area contributed by atoms with E-state index in [4.69, 9.17) is 4.74 Å². The molecule has 2 aliphatic heterocycles. The van der Waals surface area contributed by atoms with Crippen LogP contribution in [0.3, 0.4) is 0 Å². The lowest BCUT2D eigenvalue weighted by atomic mass is 10.2. The number of benzene rings is 1. The van der Waals surface area contributed by atoms with Crippen LogP contribution in [-0.2, 0) is 26.1 Å². The summed E-state index contributed by atoms with van der Waals surface area (Å²) in [6, 6.07) is 9.86. The van der Waals surface area contributed by atoms with E-state index in [1.165, 1.54) is 23.5 Å². The van der Waals surface area contributed by atoms with Crippen molar-refractivity contribution in [2.45, 2.75) is 11.4 Å². The molecule has 33 heavy (non-hydrogen) atoms. The summed E-state index contributed by atoms with van der Waals surface area (Å²) in [6.07, 6.45) is 0. The molecule has 2 aliphatic rings. The number of hydrogen-bond acceptors (Lipinski definition) is 7. The number of sulfonamides is 1. The lowest BCUT2D eigenvalue weighted by Crippen LogP contribution is -2.52. The number of thiophene rings is 1. The Morgan fingerprint density at radius 2 is 1.73 bits per heavy atom. The number of nitrogens with one attached hydrogen (secondary N) is 1. The summed E-state index contributed by atoms with van der Waals surface area (Å²) in [6.45, 7) is 5.13. The lowest BCUT2D eigenvalue weighted by Gasteiger charge is -2.36. The Labute approximate surface area is 198 Å². The van der Waals surface area contributed by atoms with Crippen molar-refractivity contribution in [1.82, 2.24) is 19.4 Å². The lowest BCUT2D eigenvalue weighted by molar-refractivity contribution is -0.136. The van der Waals surface area contributed by atoms with E-state index in [0.29, 0.717) is 64.6 Å². The van der Waals surface area contributed by atoms with Crippen LogP contribution in [0.5, 0.6) is 0 Å². The first-order valence-electron chi connectivity index (χ1n) is 10.9. The largest absolute Gasteiger partial charge is 0.378 e. The van der Waals surface area contributed by atoms with Crippen LogP contribution in [0, 0.1) is 0 Å². The highest BCUT2D eigenvalue weighted by atomic mass is 32.2. The zero-order valence-electron chi connectivity index (χ0n) is 18.3. The predicted octanol–water partition coefficient (Wildman–Crippen LogP) is 0.843. The number of ether oxygens (including phenoxy) is 1. The standard InChI is InChI=1S/C22H28N4O5S2/c27-21(25-10-12-31-13-11-25)17-24-6-8-26(9-7-24)22(28)18-3-1-5-20(15-18)33(29,30)23-16-19-4-2-14-32-19/h1-5,14-15,23H,6-13,16-17H2. The highest BCUT2D eigenvalue weighted by molar-refractivity contribution is 7.89. The van der Waals surface area contributed by atoms with Crippen LogP contribution >= 0.6 is 11.3 Å². The monoisotopic (exact) mass is 492 g/mol. The summed E-state index contributed by atoms with van der Waals surface area (Å²) in [7, 11) is -3.73. The van der Waals surface area contributed by atoms with Gasteiger partial charge >= 0.3 is 0 Å². The van der Waals surface area contributed by atoms with E-state index < -0.39 is 10.0 Å². The minimum atomic E-state index is -3.73. The number of carbonyl (C=O) groups excluding carboxylic acids is 2. The van der Waals surface area contributed by atoms with Crippen molar-refractivity contribution in [3.05, 3.63) is 52.2 Å². The van der Waals surface area contributed by atoms with Crippen molar-refractivity contribution in [1.29, 1.82) is 0 Å². The predicted molar refractivity (Wildman–Crippen MR) is 125 cm³/mol. The third-order valence-electron chi connectivity index (χ3n) is 5.79. The Kier molecular flexibility index (Phi) is 7.76. The topological polar surface area (TPSA) is 99.3 Å². The molecule has 9 nitrogen and oxygen atoms in total. The fourth-order valence-electron chi connectivity index (χ4n) is 3.85.